The lowest BCUT2D eigenvalue weighted by Crippen LogP contribution is -2.37. The molecule has 0 bridgehead atoms. The molecule has 0 fully saturated rings. The van der Waals surface area contributed by atoms with Gasteiger partial charge in [-0.05, 0) is 48.2 Å². The first-order chi connectivity index (χ1) is 16.0. The minimum atomic E-state index is -0.698. The first-order valence-corrected chi connectivity index (χ1v) is 11.5. The van der Waals surface area contributed by atoms with Crippen LogP contribution >= 0.6 is 0 Å². The highest BCUT2D eigenvalue weighted by molar-refractivity contribution is 5.95. The van der Waals surface area contributed by atoms with Gasteiger partial charge in [-0.2, -0.15) is 0 Å². The number of nitrogens with zero attached hydrogens (tertiary/aromatic N) is 1. The molecule has 3 amide bonds. The zero-order valence-corrected chi connectivity index (χ0v) is 19.8. The number of urea groups is 1. The van der Waals surface area contributed by atoms with Crippen LogP contribution in [0, 0.1) is 0 Å². The molecule has 0 unspecified atom stereocenters. The van der Waals surface area contributed by atoms with E-state index in [1.54, 1.807) is 30.4 Å². The minimum absolute atomic E-state index is 0.0350. The molecular formula is C26H35N3O4. The maximum absolute atomic E-state index is 12.5. The molecule has 0 spiro atoms. The molecule has 0 saturated heterocycles. The second-order valence-corrected chi connectivity index (χ2v) is 7.76. The molecule has 7 heteroatoms. The highest BCUT2D eigenvalue weighted by atomic mass is 16.5. The van der Waals surface area contributed by atoms with E-state index in [9.17, 15) is 9.59 Å². The van der Waals surface area contributed by atoms with Gasteiger partial charge in [0.15, 0.2) is 5.76 Å². The van der Waals surface area contributed by atoms with Gasteiger partial charge in [0, 0.05) is 19.3 Å². The summed E-state index contributed by atoms with van der Waals surface area (Å²) < 4.78 is 5.28. The van der Waals surface area contributed by atoms with Crippen molar-refractivity contribution in [3.8, 4) is 11.1 Å². The molecule has 0 aromatic heterocycles. The number of amides is 3. The molecular weight excluding hydrogens is 418 g/mol. The van der Waals surface area contributed by atoms with E-state index in [2.05, 4.69) is 12.2 Å². The summed E-state index contributed by atoms with van der Waals surface area (Å²) in [5.74, 6) is -0.663. The number of carbonyl (C=O) groups excluding carboxylic acids is 2. The highest BCUT2D eigenvalue weighted by Gasteiger charge is 2.12. The van der Waals surface area contributed by atoms with Crippen LogP contribution < -0.4 is 15.7 Å². The van der Waals surface area contributed by atoms with Crippen molar-refractivity contribution in [2.75, 3.05) is 25.1 Å². The van der Waals surface area contributed by atoms with Crippen molar-refractivity contribution in [2.45, 2.75) is 46.0 Å². The molecule has 0 aliphatic rings. The molecule has 0 saturated carbocycles. The number of carbonyl (C=O) groups is 2. The van der Waals surface area contributed by atoms with Crippen LogP contribution in [-0.4, -0.2) is 37.3 Å². The molecule has 178 valence electrons. The Morgan fingerprint density at radius 1 is 1.00 bits per heavy atom. The van der Waals surface area contributed by atoms with E-state index in [4.69, 9.17) is 9.94 Å². The number of anilines is 1. The van der Waals surface area contributed by atoms with E-state index in [0.717, 1.165) is 35.2 Å². The van der Waals surface area contributed by atoms with E-state index >= 15 is 0 Å². The van der Waals surface area contributed by atoms with E-state index in [1.165, 1.54) is 19.3 Å². The fraction of sp³-hybridized carbons (Fsp3) is 0.385. The zero-order valence-electron chi connectivity index (χ0n) is 19.8. The van der Waals surface area contributed by atoms with Crippen LogP contribution in [0.2, 0.25) is 0 Å². The molecule has 2 rings (SSSR count). The number of benzene rings is 2. The second-order valence-electron chi connectivity index (χ2n) is 7.76. The van der Waals surface area contributed by atoms with Gasteiger partial charge >= 0.3 is 11.9 Å². The number of unbranched alkanes of at least 4 members (excludes halogenated alkanes) is 4. The molecule has 2 aromatic rings. The molecule has 2 aromatic carbocycles. The van der Waals surface area contributed by atoms with Crippen molar-refractivity contribution in [1.29, 1.82) is 0 Å². The van der Waals surface area contributed by atoms with Crippen LogP contribution in [0.1, 0.15) is 51.5 Å². The summed E-state index contributed by atoms with van der Waals surface area (Å²) in [5.41, 5.74) is 5.10. The fourth-order valence-electron chi connectivity index (χ4n) is 3.36. The predicted octanol–water partition coefficient (Wildman–Crippen LogP) is 5.35. The molecule has 7 nitrogen and oxygen atoms in total. The van der Waals surface area contributed by atoms with Crippen molar-refractivity contribution in [2.24, 2.45) is 0 Å². The van der Waals surface area contributed by atoms with E-state index < -0.39 is 5.91 Å². The third-order valence-electron chi connectivity index (χ3n) is 5.26. The van der Waals surface area contributed by atoms with Gasteiger partial charge in [0.1, 0.15) is 0 Å². The Bertz CT molecular complexity index is 925. The second kappa shape index (κ2) is 14.0. The molecule has 33 heavy (non-hydrogen) atoms. The Morgan fingerprint density at radius 2 is 1.73 bits per heavy atom. The lowest BCUT2D eigenvalue weighted by atomic mass is 10.0. The Balaban J connectivity index is 2.04. The SMILES string of the molecule is CCCCCCCNC(=O)N(C)c1cccc(-c2ccc(/C=C(\OCC)C(=O)NO)cc2)c1. The standard InChI is InChI=1S/C26H35N3O4/c1-4-6-7-8-9-17-27-26(31)29(3)23-12-10-11-22(19-23)21-15-13-20(14-16-21)18-24(33-5-2)25(30)28-32/h10-16,18-19,32H,4-9,17H2,1-3H3,(H,27,31)(H,28,30)/b24-18-. The molecule has 3 N–H and O–H groups in total. The Hall–Kier alpha value is -3.32. The van der Waals surface area contributed by atoms with Gasteiger partial charge in [0.05, 0.1) is 6.61 Å². The minimum Gasteiger partial charge on any atom is -0.488 e. The summed E-state index contributed by atoms with van der Waals surface area (Å²) in [5, 5.41) is 11.8. The quantitative estimate of drug-likeness (QED) is 0.133. The summed E-state index contributed by atoms with van der Waals surface area (Å²) >= 11 is 0. The summed E-state index contributed by atoms with van der Waals surface area (Å²) in [7, 11) is 1.76. The van der Waals surface area contributed by atoms with E-state index in [0.29, 0.717) is 13.2 Å². The average molecular weight is 454 g/mol. The largest absolute Gasteiger partial charge is 0.488 e. The van der Waals surface area contributed by atoms with Gasteiger partial charge in [-0.1, -0.05) is 69.0 Å². The lowest BCUT2D eigenvalue weighted by molar-refractivity contribution is -0.128. The summed E-state index contributed by atoms with van der Waals surface area (Å²) in [6.07, 6.45) is 7.35. The predicted molar refractivity (Wildman–Crippen MR) is 132 cm³/mol. The van der Waals surface area contributed by atoms with Crippen LogP contribution in [0.5, 0.6) is 0 Å². The number of hydroxylamine groups is 1. The van der Waals surface area contributed by atoms with Crippen molar-refractivity contribution in [3.63, 3.8) is 0 Å². The first kappa shape index (κ1) is 25.9. The number of rotatable bonds is 12. The van der Waals surface area contributed by atoms with E-state index in [1.807, 2.05) is 48.5 Å². The Kier molecular flexibility index (Phi) is 11.0. The van der Waals surface area contributed by atoms with Crippen LogP contribution in [0.25, 0.3) is 17.2 Å². The third-order valence-corrected chi connectivity index (χ3v) is 5.26. The highest BCUT2D eigenvalue weighted by Crippen LogP contribution is 2.25. The maximum atomic E-state index is 12.5. The Morgan fingerprint density at radius 3 is 2.39 bits per heavy atom. The number of hydrogen-bond donors (Lipinski definition) is 3. The summed E-state index contributed by atoms with van der Waals surface area (Å²) in [6, 6.07) is 15.3. The molecule has 0 heterocycles. The molecule has 0 aliphatic heterocycles. The fourth-order valence-corrected chi connectivity index (χ4v) is 3.36. The van der Waals surface area contributed by atoms with Gasteiger partial charge in [0.25, 0.3) is 0 Å². The number of hydrogen-bond acceptors (Lipinski definition) is 4. The monoisotopic (exact) mass is 453 g/mol. The van der Waals surface area contributed by atoms with E-state index in [-0.39, 0.29) is 11.8 Å². The maximum Gasteiger partial charge on any atom is 0.321 e. The Labute approximate surface area is 196 Å². The van der Waals surface area contributed by atoms with Crippen molar-refractivity contribution < 1.29 is 19.5 Å². The van der Waals surface area contributed by atoms with Crippen molar-refractivity contribution in [3.05, 3.63) is 59.9 Å². The average Bonchev–Trinajstić information content (AvgIpc) is 2.85. The van der Waals surface area contributed by atoms with Crippen LogP contribution in [0.4, 0.5) is 10.5 Å². The van der Waals surface area contributed by atoms with Crippen LogP contribution in [0.15, 0.2) is 54.3 Å². The van der Waals surface area contributed by atoms with Gasteiger partial charge < -0.3 is 10.1 Å². The molecule has 0 atom stereocenters. The van der Waals surface area contributed by atoms with Gasteiger partial charge in [-0.3, -0.25) is 14.9 Å². The first-order valence-electron chi connectivity index (χ1n) is 11.5. The molecule has 0 radical (unpaired) electrons. The normalized spacial score (nSPS) is 11.1. The summed E-state index contributed by atoms with van der Waals surface area (Å²) in [4.78, 5) is 25.8. The van der Waals surface area contributed by atoms with Crippen molar-refractivity contribution in [1.82, 2.24) is 10.8 Å². The zero-order chi connectivity index (χ0) is 24.1. The third kappa shape index (κ3) is 8.27. The lowest BCUT2D eigenvalue weighted by Gasteiger charge is -2.19. The summed E-state index contributed by atoms with van der Waals surface area (Å²) in [6.45, 7) is 4.94. The number of ether oxygens (including phenoxy) is 1. The number of nitrogens with one attached hydrogen (secondary N) is 2. The van der Waals surface area contributed by atoms with Gasteiger partial charge in [-0.25, -0.2) is 10.3 Å². The van der Waals surface area contributed by atoms with Crippen LogP contribution in [-0.2, 0) is 9.53 Å². The van der Waals surface area contributed by atoms with Gasteiger partial charge in [0.2, 0.25) is 0 Å². The topological polar surface area (TPSA) is 90.9 Å². The van der Waals surface area contributed by atoms with Crippen LogP contribution in [0.3, 0.4) is 0 Å². The van der Waals surface area contributed by atoms with Gasteiger partial charge in [-0.15, -0.1) is 0 Å². The van der Waals surface area contributed by atoms with Crippen molar-refractivity contribution >= 4 is 23.7 Å². The molecule has 0 aliphatic carbocycles. The smallest absolute Gasteiger partial charge is 0.321 e.